The Balaban J connectivity index is 2.65. The van der Waals surface area contributed by atoms with Crippen molar-refractivity contribution in [2.75, 3.05) is 19.7 Å². The first-order valence-electron chi connectivity index (χ1n) is 6.96. The van der Waals surface area contributed by atoms with Crippen molar-refractivity contribution in [3.63, 3.8) is 0 Å². The van der Waals surface area contributed by atoms with Crippen molar-refractivity contribution in [2.45, 2.75) is 44.8 Å². The number of hydrogen-bond acceptors (Lipinski definition) is 5. The van der Waals surface area contributed by atoms with Gasteiger partial charge in [-0.2, -0.15) is 0 Å². The maximum absolute atomic E-state index is 12.1. The third-order valence-electron chi connectivity index (χ3n) is 3.37. The minimum atomic E-state index is -2.05. The highest BCUT2D eigenvalue weighted by Gasteiger charge is 2.35. The molecule has 2 atom stereocenters. The van der Waals surface area contributed by atoms with E-state index in [1.54, 1.807) is 6.92 Å². The number of aliphatic hydroxyl groups is 1. The van der Waals surface area contributed by atoms with Crippen LogP contribution in [0.25, 0.3) is 0 Å². The number of urea groups is 1. The van der Waals surface area contributed by atoms with Gasteiger partial charge in [-0.15, -0.1) is 0 Å². The summed E-state index contributed by atoms with van der Waals surface area (Å²) in [7, 11) is 0. The summed E-state index contributed by atoms with van der Waals surface area (Å²) in [6.07, 6.45) is 2.10. The number of nitrogens with one attached hydrogen (secondary N) is 1. The minimum Gasteiger partial charge on any atom is -0.479 e. The average Bonchev–Trinajstić information content (AvgIpc) is 2.45. The van der Waals surface area contributed by atoms with Crippen LogP contribution >= 0.6 is 0 Å². The van der Waals surface area contributed by atoms with Gasteiger partial charge in [0.05, 0.1) is 13.2 Å². The van der Waals surface area contributed by atoms with Crippen LogP contribution in [0.3, 0.4) is 0 Å². The average molecular weight is 302 g/mol. The number of ether oxygens (including phenoxy) is 1. The number of carbonyl (C=O) groups is 3. The highest BCUT2D eigenvalue weighted by Crippen LogP contribution is 2.18. The third-order valence-corrected chi connectivity index (χ3v) is 3.37. The predicted molar refractivity (Wildman–Crippen MR) is 72.6 cm³/mol. The van der Waals surface area contributed by atoms with E-state index in [1.165, 1.54) is 4.90 Å². The lowest BCUT2D eigenvalue weighted by molar-refractivity contribution is -0.156. The summed E-state index contributed by atoms with van der Waals surface area (Å²) in [5.74, 6) is -1.89. The van der Waals surface area contributed by atoms with Crippen molar-refractivity contribution in [1.82, 2.24) is 10.2 Å². The van der Waals surface area contributed by atoms with E-state index in [4.69, 9.17) is 9.84 Å². The van der Waals surface area contributed by atoms with E-state index in [0.717, 1.165) is 19.8 Å². The number of aliphatic carboxylic acids is 1. The predicted octanol–water partition coefficient (Wildman–Crippen LogP) is -0.0508. The molecule has 2 unspecified atom stereocenters. The molecule has 1 aliphatic heterocycles. The molecule has 8 nitrogen and oxygen atoms in total. The summed E-state index contributed by atoms with van der Waals surface area (Å²) < 4.78 is 4.94. The van der Waals surface area contributed by atoms with Crippen LogP contribution in [-0.4, -0.2) is 64.4 Å². The Morgan fingerprint density at radius 3 is 2.62 bits per heavy atom. The topological polar surface area (TPSA) is 116 Å². The van der Waals surface area contributed by atoms with Gasteiger partial charge in [0.15, 0.2) is 5.60 Å². The number of carboxylic acid groups (broad SMARTS) is 1. The molecule has 1 rings (SSSR count). The second kappa shape index (κ2) is 7.26. The zero-order chi connectivity index (χ0) is 16.0. The zero-order valence-electron chi connectivity index (χ0n) is 12.3. The molecular formula is C13H22N2O6. The van der Waals surface area contributed by atoms with Gasteiger partial charge in [-0.1, -0.05) is 0 Å². The number of hydrogen-bond donors (Lipinski definition) is 3. The molecule has 0 aliphatic carbocycles. The Labute approximate surface area is 123 Å². The molecule has 120 valence electrons. The van der Waals surface area contributed by atoms with Crippen molar-refractivity contribution in [3.05, 3.63) is 0 Å². The van der Waals surface area contributed by atoms with Gasteiger partial charge in [0.25, 0.3) is 0 Å². The molecule has 1 heterocycles. The molecular weight excluding hydrogens is 280 g/mol. The minimum absolute atomic E-state index is 0.235. The number of amides is 2. The Hall–Kier alpha value is -1.83. The third kappa shape index (κ3) is 4.59. The smallest absolute Gasteiger partial charge is 0.337 e. The highest BCUT2D eigenvalue weighted by molar-refractivity contribution is 5.84. The fourth-order valence-electron chi connectivity index (χ4n) is 2.08. The van der Waals surface area contributed by atoms with Crippen molar-refractivity contribution >= 4 is 18.0 Å². The van der Waals surface area contributed by atoms with Crippen molar-refractivity contribution in [2.24, 2.45) is 0 Å². The van der Waals surface area contributed by atoms with E-state index >= 15 is 0 Å². The van der Waals surface area contributed by atoms with Gasteiger partial charge in [-0.3, -0.25) is 0 Å². The maximum atomic E-state index is 12.1. The van der Waals surface area contributed by atoms with Crippen molar-refractivity contribution < 1.29 is 29.3 Å². The quantitative estimate of drug-likeness (QED) is 0.613. The number of piperidine rings is 1. The van der Waals surface area contributed by atoms with E-state index in [2.05, 4.69) is 5.32 Å². The monoisotopic (exact) mass is 302 g/mol. The number of likely N-dealkylation sites (tertiary alicyclic amines) is 1. The Kier molecular flexibility index (Phi) is 5.95. The Bertz CT molecular complexity index is 409. The molecule has 1 aliphatic rings. The summed E-state index contributed by atoms with van der Waals surface area (Å²) in [5.41, 5.74) is -2.05. The lowest BCUT2D eigenvalue weighted by Crippen LogP contribution is -2.55. The largest absolute Gasteiger partial charge is 0.479 e. The van der Waals surface area contributed by atoms with Gasteiger partial charge < -0.3 is 25.2 Å². The van der Waals surface area contributed by atoms with Gasteiger partial charge in [0.2, 0.25) is 0 Å². The zero-order valence-corrected chi connectivity index (χ0v) is 12.3. The lowest BCUT2D eigenvalue weighted by Gasteiger charge is -2.34. The van der Waals surface area contributed by atoms with Gasteiger partial charge in [0, 0.05) is 6.54 Å². The van der Waals surface area contributed by atoms with Crippen LogP contribution in [0.2, 0.25) is 0 Å². The van der Waals surface area contributed by atoms with Crippen LogP contribution in [0.15, 0.2) is 0 Å². The molecule has 0 aromatic rings. The van der Waals surface area contributed by atoms with Crippen LogP contribution in [0.1, 0.15) is 33.1 Å². The second-order valence-corrected chi connectivity index (χ2v) is 5.19. The van der Waals surface area contributed by atoms with Gasteiger partial charge in [0.1, 0.15) is 6.04 Å². The summed E-state index contributed by atoms with van der Waals surface area (Å²) in [5, 5.41) is 20.7. The Morgan fingerprint density at radius 2 is 2.05 bits per heavy atom. The first kappa shape index (κ1) is 17.2. The van der Waals surface area contributed by atoms with E-state index in [0.29, 0.717) is 13.0 Å². The molecule has 0 aromatic carbocycles. The molecule has 0 spiro atoms. The molecule has 1 saturated heterocycles. The van der Waals surface area contributed by atoms with Crippen LogP contribution < -0.4 is 5.32 Å². The standard InChI is InChI=1S/C13H22N2O6/c1-3-21-10(16)9-6-4-5-7-15(9)12(19)14-8-13(2,20)11(17)18/h9,20H,3-8H2,1-2H3,(H,14,19)(H,17,18). The van der Waals surface area contributed by atoms with Crippen LogP contribution in [0.4, 0.5) is 4.79 Å². The molecule has 1 fully saturated rings. The van der Waals surface area contributed by atoms with Gasteiger partial charge in [-0.05, 0) is 33.1 Å². The Morgan fingerprint density at radius 1 is 1.38 bits per heavy atom. The SMILES string of the molecule is CCOC(=O)C1CCCCN1C(=O)NCC(C)(O)C(=O)O. The summed E-state index contributed by atoms with van der Waals surface area (Å²) in [6, 6.07) is -1.23. The second-order valence-electron chi connectivity index (χ2n) is 5.19. The molecule has 0 aromatic heterocycles. The molecule has 3 N–H and O–H groups in total. The molecule has 0 radical (unpaired) electrons. The van der Waals surface area contributed by atoms with E-state index in [1.807, 2.05) is 0 Å². The number of carboxylic acids is 1. The van der Waals surface area contributed by atoms with Crippen LogP contribution in [0.5, 0.6) is 0 Å². The summed E-state index contributed by atoms with van der Waals surface area (Å²) in [6.45, 7) is 2.97. The number of carbonyl (C=O) groups excluding carboxylic acids is 2. The first-order valence-corrected chi connectivity index (χ1v) is 6.96. The highest BCUT2D eigenvalue weighted by atomic mass is 16.5. The van der Waals surface area contributed by atoms with Crippen LogP contribution in [-0.2, 0) is 14.3 Å². The fourth-order valence-corrected chi connectivity index (χ4v) is 2.08. The molecule has 0 saturated carbocycles. The summed E-state index contributed by atoms with van der Waals surface area (Å²) in [4.78, 5) is 36.0. The van der Waals surface area contributed by atoms with E-state index in [-0.39, 0.29) is 6.61 Å². The van der Waals surface area contributed by atoms with Crippen molar-refractivity contribution in [1.29, 1.82) is 0 Å². The molecule has 8 heteroatoms. The molecule has 21 heavy (non-hydrogen) atoms. The number of nitrogens with zero attached hydrogens (tertiary/aromatic N) is 1. The van der Waals surface area contributed by atoms with Gasteiger partial charge in [-0.25, -0.2) is 14.4 Å². The van der Waals surface area contributed by atoms with Crippen LogP contribution in [0, 0.1) is 0 Å². The normalized spacial score (nSPS) is 21.3. The number of esters is 1. The lowest BCUT2D eigenvalue weighted by atomic mass is 10.0. The van der Waals surface area contributed by atoms with E-state index in [9.17, 15) is 19.5 Å². The maximum Gasteiger partial charge on any atom is 0.337 e. The summed E-state index contributed by atoms with van der Waals surface area (Å²) >= 11 is 0. The van der Waals surface area contributed by atoms with Crippen molar-refractivity contribution in [3.8, 4) is 0 Å². The van der Waals surface area contributed by atoms with Gasteiger partial charge >= 0.3 is 18.0 Å². The molecule has 0 bridgehead atoms. The first-order chi connectivity index (χ1) is 9.79. The number of rotatable bonds is 5. The molecule has 2 amide bonds. The fraction of sp³-hybridized carbons (Fsp3) is 0.769. The van der Waals surface area contributed by atoms with E-state index < -0.39 is 36.2 Å².